The summed E-state index contributed by atoms with van der Waals surface area (Å²) in [5, 5.41) is 17.1. The lowest BCUT2D eigenvalue weighted by atomic mass is 10.2. The second-order valence-corrected chi connectivity index (χ2v) is 3.88. The number of carbonyl (C=O) groups is 1. The normalized spacial score (nSPS) is 18.9. The van der Waals surface area contributed by atoms with Crippen LogP contribution in [0.15, 0.2) is 50.9 Å². The largest absolute Gasteiger partial charge is 0.454 e. The van der Waals surface area contributed by atoms with Crippen LogP contribution in [0.4, 0.5) is 0 Å². The molecular formula is C12H9N5O3. The van der Waals surface area contributed by atoms with E-state index in [0.29, 0.717) is 11.5 Å². The van der Waals surface area contributed by atoms with E-state index in [1.807, 2.05) is 0 Å². The summed E-state index contributed by atoms with van der Waals surface area (Å²) in [6.07, 6.45) is 1.50. The van der Waals surface area contributed by atoms with E-state index in [4.69, 9.17) is 9.47 Å². The SMILES string of the molecule is C=C1N=N/C(=N\N=C\c2ccc3c(c2)OCO3)NC1=O. The minimum atomic E-state index is -0.447. The molecule has 0 fully saturated rings. The third-order valence-corrected chi connectivity index (χ3v) is 2.51. The molecule has 8 heteroatoms. The minimum Gasteiger partial charge on any atom is -0.454 e. The highest BCUT2D eigenvalue weighted by Gasteiger charge is 2.14. The Morgan fingerprint density at radius 2 is 2.15 bits per heavy atom. The van der Waals surface area contributed by atoms with Gasteiger partial charge >= 0.3 is 0 Å². The number of hydrogen-bond donors (Lipinski definition) is 1. The molecule has 0 aliphatic carbocycles. The average Bonchev–Trinajstić information content (AvgIpc) is 2.90. The zero-order valence-electron chi connectivity index (χ0n) is 10.2. The Balaban J connectivity index is 1.73. The van der Waals surface area contributed by atoms with Gasteiger partial charge in [-0.3, -0.25) is 10.1 Å². The molecule has 100 valence electrons. The number of carbonyl (C=O) groups excluding carboxylic acids is 1. The van der Waals surface area contributed by atoms with Gasteiger partial charge in [0, 0.05) is 0 Å². The molecule has 0 atom stereocenters. The first kappa shape index (κ1) is 12.0. The molecule has 1 aromatic rings. The van der Waals surface area contributed by atoms with Crippen LogP contribution in [0.3, 0.4) is 0 Å². The average molecular weight is 271 g/mol. The van der Waals surface area contributed by atoms with Gasteiger partial charge in [-0.25, -0.2) is 0 Å². The van der Waals surface area contributed by atoms with E-state index in [1.54, 1.807) is 18.2 Å². The van der Waals surface area contributed by atoms with E-state index >= 15 is 0 Å². The highest BCUT2D eigenvalue weighted by molar-refractivity contribution is 6.06. The van der Waals surface area contributed by atoms with Gasteiger partial charge in [0.15, 0.2) is 11.5 Å². The summed E-state index contributed by atoms with van der Waals surface area (Å²) < 4.78 is 10.4. The molecule has 1 N–H and O–H groups in total. The number of ether oxygens (including phenoxy) is 2. The Kier molecular flexibility index (Phi) is 2.96. The van der Waals surface area contributed by atoms with Gasteiger partial charge in [0.2, 0.25) is 6.79 Å². The van der Waals surface area contributed by atoms with Crippen LogP contribution in [-0.2, 0) is 4.79 Å². The number of nitrogens with zero attached hydrogens (tertiary/aromatic N) is 4. The van der Waals surface area contributed by atoms with E-state index in [-0.39, 0.29) is 18.4 Å². The van der Waals surface area contributed by atoms with Crippen LogP contribution >= 0.6 is 0 Å². The highest BCUT2D eigenvalue weighted by Crippen LogP contribution is 2.31. The van der Waals surface area contributed by atoms with E-state index in [0.717, 1.165) is 5.56 Å². The van der Waals surface area contributed by atoms with Crippen LogP contribution in [0.2, 0.25) is 0 Å². The van der Waals surface area contributed by atoms with Gasteiger partial charge in [-0.15, -0.1) is 15.3 Å². The first-order valence-electron chi connectivity index (χ1n) is 5.65. The Hall–Kier alpha value is -3.03. The second kappa shape index (κ2) is 4.92. The van der Waals surface area contributed by atoms with Crippen molar-refractivity contribution in [3.05, 3.63) is 36.0 Å². The third kappa shape index (κ3) is 2.39. The fraction of sp³-hybridized carbons (Fsp3) is 0.0833. The molecule has 2 aliphatic heterocycles. The number of rotatable bonds is 2. The molecule has 2 aliphatic rings. The van der Waals surface area contributed by atoms with Gasteiger partial charge in [-0.05, 0) is 23.8 Å². The van der Waals surface area contributed by atoms with Crippen molar-refractivity contribution in [1.82, 2.24) is 5.32 Å². The van der Waals surface area contributed by atoms with Crippen LogP contribution < -0.4 is 14.8 Å². The summed E-state index contributed by atoms with van der Waals surface area (Å²) in [6, 6.07) is 5.36. The quantitative estimate of drug-likeness (QED) is 0.497. The Morgan fingerprint density at radius 3 is 3.00 bits per heavy atom. The number of amides is 1. The van der Waals surface area contributed by atoms with Gasteiger partial charge < -0.3 is 9.47 Å². The van der Waals surface area contributed by atoms with Crippen LogP contribution in [0.1, 0.15) is 5.56 Å². The summed E-state index contributed by atoms with van der Waals surface area (Å²) in [5.74, 6) is 0.917. The maximum absolute atomic E-state index is 11.2. The van der Waals surface area contributed by atoms with Crippen molar-refractivity contribution in [3.63, 3.8) is 0 Å². The third-order valence-electron chi connectivity index (χ3n) is 2.51. The zero-order chi connectivity index (χ0) is 13.9. The van der Waals surface area contributed by atoms with E-state index in [2.05, 4.69) is 32.3 Å². The standard InChI is InChI=1S/C12H9N5O3/c1-7-11(18)14-12(17-15-7)16-13-5-8-2-3-9-10(4-8)20-6-19-9/h2-5H,1,6H2,(H,14,16,18)/b13-5+. The zero-order valence-corrected chi connectivity index (χ0v) is 10.2. The Bertz CT molecular complexity index is 678. The number of benzene rings is 1. The number of fused-ring (bicyclic) bond motifs is 1. The monoisotopic (exact) mass is 271 g/mol. The molecule has 3 rings (SSSR count). The lowest BCUT2D eigenvalue weighted by Crippen LogP contribution is -2.32. The molecule has 1 amide bonds. The van der Waals surface area contributed by atoms with E-state index in [9.17, 15) is 4.79 Å². The molecule has 0 saturated heterocycles. The predicted molar refractivity (Wildman–Crippen MR) is 69.7 cm³/mol. The lowest BCUT2D eigenvalue weighted by molar-refractivity contribution is -0.116. The number of nitrogens with one attached hydrogen (secondary N) is 1. The molecule has 1 aromatic carbocycles. The molecule has 0 bridgehead atoms. The summed E-state index contributed by atoms with van der Waals surface area (Å²) in [6.45, 7) is 3.62. The number of azo groups is 1. The van der Waals surface area contributed by atoms with Gasteiger partial charge in [-0.1, -0.05) is 6.58 Å². The molecular weight excluding hydrogens is 262 g/mol. The first-order chi connectivity index (χ1) is 9.72. The number of guanidine groups is 1. The Labute approximate surface area is 113 Å². The summed E-state index contributed by atoms with van der Waals surface area (Å²) in [7, 11) is 0. The van der Waals surface area contributed by atoms with E-state index in [1.165, 1.54) is 6.21 Å². The van der Waals surface area contributed by atoms with Gasteiger partial charge in [0.25, 0.3) is 11.9 Å². The Morgan fingerprint density at radius 1 is 1.30 bits per heavy atom. The van der Waals surface area contributed by atoms with Crippen molar-refractivity contribution in [2.24, 2.45) is 20.4 Å². The van der Waals surface area contributed by atoms with Crippen LogP contribution in [0, 0.1) is 0 Å². The fourth-order valence-corrected chi connectivity index (χ4v) is 1.54. The summed E-state index contributed by atoms with van der Waals surface area (Å²) in [5.41, 5.74) is 0.811. The smallest absolute Gasteiger partial charge is 0.277 e. The van der Waals surface area contributed by atoms with E-state index < -0.39 is 5.91 Å². The van der Waals surface area contributed by atoms with Crippen LogP contribution in [0.25, 0.3) is 0 Å². The molecule has 0 unspecified atom stereocenters. The molecule has 0 spiro atoms. The van der Waals surface area contributed by atoms with Crippen molar-refractivity contribution < 1.29 is 14.3 Å². The molecule has 0 aromatic heterocycles. The highest BCUT2D eigenvalue weighted by atomic mass is 16.7. The molecule has 2 heterocycles. The topological polar surface area (TPSA) is 97.0 Å². The predicted octanol–water partition coefficient (Wildman–Crippen LogP) is 1.20. The van der Waals surface area contributed by atoms with Crippen molar-refractivity contribution >= 4 is 18.1 Å². The van der Waals surface area contributed by atoms with Gasteiger partial charge in [-0.2, -0.15) is 5.10 Å². The van der Waals surface area contributed by atoms with Gasteiger partial charge in [0.05, 0.1) is 6.21 Å². The van der Waals surface area contributed by atoms with Crippen molar-refractivity contribution in [2.45, 2.75) is 0 Å². The maximum atomic E-state index is 11.2. The molecule has 8 nitrogen and oxygen atoms in total. The van der Waals surface area contributed by atoms with Crippen molar-refractivity contribution in [2.75, 3.05) is 6.79 Å². The van der Waals surface area contributed by atoms with Gasteiger partial charge in [0.1, 0.15) is 5.70 Å². The molecule has 0 radical (unpaired) electrons. The van der Waals surface area contributed by atoms with Crippen molar-refractivity contribution in [1.29, 1.82) is 0 Å². The maximum Gasteiger partial charge on any atom is 0.277 e. The second-order valence-electron chi connectivity index (χ2n) is 3.88. The molecule has 0 saturated carbocycles. The lowest BCUT2D eigenvalue weighted by Gasteiger charge is -2.05. The molecule has 20 heavy (non-hydrogen) atoms. The first-order valence-corrected chi connectivity index (χ1v) is 5.65. The summed E-state index contributed by atoms with van der Waals surface area (Å²) in [4.78, 5) is 11.2. The van der Waals surface area contributed by atoms with Crippen LogP contribution in [0.5, 0.6) is 11.5 Å². The van der Waals surface area contributed by atoms with Crippen LogP contribution in [-0.4, -0.2) is 24.9 Å². The minimum absolute atomic E-state index is 0.0133. The van der Waals surface area contributed by atoms with Crippen molar-refractivity contribution in [3.8, 4) is 11.5 Å². The number of hydrogen-bond acceptors (Lipinski definition) is 6. The fourth-order valence-electron chi connectivity index (χ4n) is 1.54. The summed E-state index contributed by atoms with van der Waals surface area (Å²) >= 11 is 0.